The third kappa shape index (κ3) is 9.48. The van der Waals surface area contributed by atoms with Crippen molar-refractivity contribution in [3.8, 4) is 0 Å². The van der Waals surface area contributed by atoms with Crippen LogP contribution in [0, 0.1) is 5.92 Å². The SMILES string of the molecule is CCCCOC(=O)NC(C(=O)N1CCCC1C(=O)NCC1CCC(N)CC1)C(C)(C)SCCCC. The summed E-state index contributed by atoms with van der Waals surface area (Å²) in [6, 6.07) is -0.988. The Morgan fingerprint density at radius 2 is 1.77 bits per heavy atom. The van der Waals surface area contributed by atoms with Crippen LogP contribution in [0.15, 0.2) is 0 Å². The zero-order chi connectivity index (χ0) is 25.8. The fraction of sp³-hybridized carbons (Fsp3) is 0.885. The van der Waals surface area contributed by atoms with Gasteiger partial charge in [-0.25, -0.2) is 4.79 Å². The summed E-state index contributed by atoms with van der Waals surface area (Å²) in [5.74, 6) is 1.05. The molecule has 1 saturated heterocycles. The van der Waals surface area contributed by atoms with E-state index in [0.717, 1.165) is 63.5 Å². The van der Waals surface area contributed by atoms with E-state index in [4.69, 9.17) is 10.5 Å². The van der Waals surface area contributed by atoms with Gasteiger partial charge in [-0.3, -0.25) is 9.59 Å². The summed E-state index contributed by atoms with van der Waals surface area (Å²) in [5, 5.41) is 5.95. The monoisotopic (exact) mass is 512 g/mol. The number of thioether (sulfide) groups is 1. The Morgan fingerprint density at radius 3 is 2.43 bits per heavy atom. The highest BCUT2D eigenvalue weighted by molar-refractivity contribution is 8.00. The predicted molar refractivity (Wildman–Crippen MR) is 142 cm³/mol. The van der Waals surface area contributed by atoms with Gasteiger partial charge in [-0.15, -0.1) is 0 Å². The van der Waals surface area contributed by atoms with E-state index in [-0.39, 0.29) is 17.9 Å². The molecule has 35 heavy (non-hydrogen) atoms. The van der Waals surface area contributed by atoms with Crippen LogP contribution in [0.2, 0.25) is 0 Å². The number of rotatable bonds is 13. The van der Waals surface area contributed by atoms with E-state index in [1.165, 1.54) is 0 Å². The molecule has 2 aliphatic rings. The van der Waals surface area contributed by atoms with E-state index < -0.39 is 22.9 Å². The molecule has 2 fully saturated rings. The molecule has 0 bridgehead atoms. The van der Waals surface area contributed by atoms with Gasteiger partial charge in [0, 0.05) is 23.9 Å². The van der Waals surface area contributed by atoms with E-state index in [1.807, 2.05) is 20.8 Å². The second-order valence-corrected chi connectivity index (χ2v) is 12.3. The molecule has 1 saturated carbocycles. The number of likely N-dealkylation sites (tertiary alicyclic amines) is 1. The molecule has 2 atom stereocenters. The van der Waals surface area contributed by atoms with Crippen LogP contribution in [0.4, 0.5) is 4.79 Å². The predicted octanol–water partition coefficient (Wildman–Crippen LogP) is 3.82. The van der Waals surface area contributed by atoms with E-state index in [2.05, 4.69) is 17.6 Å². The molecular formula is C26H48N4O4S. The van der Waals surface area contributed by atoms with Crippen molar-refractivity contribution >= 4 is 29.7 Å². The highest BCUT2D eigenvalue weighted by atomic mass is 32.2. The fourth-order valence-electron chi connectivity index (χ4n) is 4.79. The van der Waals surface area contributed by atoms with E-state index in [0.29, 0.717) is 32.0 Å². The second-order valence-electron chi connectivity index (χ2n) is 10.6. The quantitative estimate of drug-likeness (QED) is 0.323. The summed E-state index contributed by atoms with van der Waals surface area (Å²) in [6.07, 6.45) is 8.72. The molecule has 1 aliphatic carbocycles. The lowest BCUT2D eigenvalue weighted by atomic mass is 9.86. The van der Waals surface area contributed by atoms with Crippen LogP contribution in [-0.2, 0) is 14.3 Å². The molecule has 2 rings (SSSR count). The molecule has 0 aromatic rings. The molecule has 0 spiro atoms. The highest BCUT2D eigenvalue weighted by Gasteiger charge is 2.44. The van der Waals surface area contributed by atoms with Crippen molar-refractivity contribution in [1.29, 1.82) is 0 Å². The van der Waals surface area contributed by atoms with E-state index in [1.54, 1.807) is 16.7 Å². The first-order valence-corrected chi connectivity index (χ1v) is 14.6. The summed E-state index contributed by atoms with van der Waals surface area (Å²) >= 11 is 1.68. The number of carbonyl (C=O) groups excluding carboxylic acids is 3. The normalized spacial score (nSPS) is 23.6. The number of carbonyl (C=O) groups is 3. The number of ether oxygens (including phenoxy) is 1. The van der Waals surface area contributed by atoms with E-state index >= 15 is 0 Å². The maximum absolute atomic E-state index is 13.8. The minimum atomic E-state index is -0.772. The van der Waals surface area contributed by atoms with Crippen molar-refractivity contribution in [2.24, 2.45) is 11.7 Å². The van der Waals surface area contributed by atoms with E-state index in [9.17, 15) is 14.4 Å². The minimum absolute atomic E-state index is 0.0913. The lowest BCUT2D eigenvalue weighted by Gasteiger charge is -2.37. The molecular weight excluding hydrogens is 464 g/mol. The molecule has 0 aromatic carbocycles. The first-order chi connectivity index (χ1) is 16.7. The van der Waals surface area contributed by atoms with Gasteiger partial charge in [-0.2, -0.15) is 11.8 Å². The lowest BCUT2D eigenvalue weighted by Crippen LogP contribution is -2.60. The molecule has 8 nitrogen and oxygen atoms in total. The Bertz CT molecular complexity index is 682. The Kier molecular flexibility index (Phi) is 12.7. The van der Waals surface area contributed by atoms with Crippen LogP contribution in [0.1, 0.15) is 91.9 Å². The molecule has 0 radical (unpaired) electrons. The average molecular weight is 513 g/mol. The van der Waals surface area contributed by atoms with Gasteiger partial charge in [-0.05, 0) is 76.9 Å². The molecule has 0 aromatic heterocycles. The highest BCUT2D eigenvalue weighted by Crippen LogP contribution is 2.32. The third-order valence-corrected chi connectivity index (χ3v) is 8.67. The Labute approximate surface area is 216 Å². The largest absolute Gasteiger partial charge is 0.450 e. The number of hydrogen-bond acceptors (Lipinski definition) is 6. The zero-order valence-electron chi connectivity index (χ0n) is 22.3. The minimum Gasteiger partial charge on any atom is -0.450 e. The van der Waals surface area contributed by atoms with Crippen molar-refractivity contribution in [2.45, 2.75) is 115 Å². The summed E-state index contributed by atoms with van der Waals surface area (Å²) in [5.41, 5.74) is 6.00. The van der Waals surface area contributed by atoms with Crippen LogP contribution in [0.3, 0.4) is 0 Å². The molecule has 202 valence electrons. The molecule has 4 N–H and O–H groups in total. The number of nitrogens with one attached hydrogen (secondary N) is 2. The van der Waals surface area contributed by atoms with Crippen LogP contribution >= 0.6 is 11.8 Å². The summed E-state index contributed by atoms with van der Waals surface area (Å²) in [4.78, 5) is 41.1. The topological polar surface area (TPSA) is 114 Å². The maximum Gasteiger partial charge on any atom is 0.407 e. The number of unbranched alkanes of at least 4 members (excludes halogenated alkanes) is 2. The number of nitrogens with zero attached hydrogens (tertiary/aromatic N) is 1. The Morgan fingerprint density at radius 1 is 1.09 bits per heavy atom. The van der Waals surface area contributed by atoms with Gasteiger partial charge < -0.3 is 26.0 Å². The molecule has 9 heteroatoms. The van der Waals surface area contributed by atoms with Crippen LogP contribution in [0.5, 0.6) is 0 Å². The second kappa shape index (κ2) is 14.9. The number of hydrogen-bond donors (Lipinski definition) is 3. The van der Waals surface area contributed by atoms with Crippen molar-refractivity contribution in [3.05, 3.63) is 0 Å². The van der Waals surface area contributed by atoms with Crippen molar-refractivity contribution < 1.29 is 19.1 Å². The van der Waals surface area contributed by atoms with Crippen LogP contribution in [0.25, 0.3) is 0 Å². The zero-order valence-corrected chi connectivity index (χ0v) is 23.1. The number of alkyl carbamates (subject to hydrolysis) is 1. The van der Waals surface area contributed by atoms with Crippen LogP contribution < -0.4 is 16.4 Å². The van der Waals surface area contributed by atoms with Crippen molar-refractivity contribution in [3.63, 3.8) is 0 Å². The summed E-state index contributed by atoms with van der Waals surface area (Å²) in [6.45, 7) is 9.62. The van der Waals surface area contributed by atoms with Gasteiger partial charge >= 0.3 is 6.09 Å². The van der Waals surface area contributed by atoms with Gasteiger partial charge in [0.25, 0.3) is 0 Å². The Balaban J connectivity index is 2.05. The molecule has 1 heterocycles. The number of nitrogens with two attached hydrogens (primary N) is 1. The first-order valence-electron chi connectivity index (χ1n) is 13.6. The third-order valence-electron chi connectivity index (χ3n) is 7.20. The summed E-state index contributed by atoms with van der Waals surface area (Å²) < 4.78 is 4.77. The van der Waals surface area contributed by atoms with Gasteiger partial charge in [0.05, 0.1) is 6.61 Å². The maximum atomic E-state index is 13.8. The summed E-state index contributed by atoms with van der Waals surface area (Å²) in [7, 11) is 0. The van der Waals surface area contributed by atoms with Gasteiger partial charge in [0.1, 0.15) is 12.1 Å². The average Bonchev–Trinajstić information content (AvgIpc) is 3.32. The number of amides is 3. The Hall–Kier alpha value is -1.48. The van der Waals surface area contributed by atoms with Gasteiger partial charge in [0.2, 0.25) is 11.8 Å². The fourth-order valence-corrected chi connectivity index (χ4v) is 6.07. The first kappa shape index (κ1) is 29.7. The van der Waals surface area contributed by atoms with Crippen LogP contribution in [-0.4, -0.2) is 71.1 Å². The molecule has 1 aliphatic heterocycles. The standard InChI is InChI=1S/C26H48N4O4S/c1-5-7-16-34-25(33)29-22(26(3,4)35-17-8-6-2)24(32)30-15-9-10-21(30)23(31)28-18-19-11-13-20(27)14-12-19/h19-22H,5-18,27H2,1-4H3,(H,28,31)(H,29,33). The smallest absolute Gasteiger partial charge is 0.407 e. The van der Waals surface area contributed by atoms with Crippen molar-refractivity contribution in [2.75, 3.05) is 25.4 Å². The van der Waals surface area contributed by atoms with Gasteiger partial charge in [0.15, 0.2) is 0 Å². The lowest BCUT2D eigenvalue weighted by molar-refractivity contribution is -0.140. The molecule has 2 unspecified atom stereocenters. The molecule has 3 amide bonds. The van der Waals surface area contributed by atoms with Gasteiger partial charge in [-0.1, -0.05) is 26.7 Å². The van der Waals surface area contributed by atoms with Crippen molar-refractivity contribution in [1.82, 2.24) is 15.5 Å².